The molecule has 0 amide bonds. The van der Waals surface area contributed by atoms with Crippen molar-refractivity contribution in [2.75, 3.05) is 14.2 Å². The Morgan fingerprint density at radius 2 is 1.89 bits per heavy atom. The summed E-state index contributed by atoms with van der Waals surface area (Å²) >= 11 is 3.49. The zero-order valence-electron chi connectivity index (χ0n) is 11.7. The molecule has 0 atom stereocenters. The molecule has 0 fully saturated rings. The highest BCUT2D eigenvalue weighted by atomic mass is 79.9. The van der Waals surface area contributed by atoms with Crippen LogP contribution in [-0.4, -0.2) is 26.2 Å². The van der Waals surface area contributed by atoms with Crippen LogP contribution in [0.15, 0.2) is 21.6 Å². The van der Waals surface area contributed by atoms with Crippen LogP contribution in [0.2, 0.25) is 0 Å². The first kappa shape index (κ1) is 15.6. The topological polar surface area (TPSA) is 68.9 Å². The minimum atomic E-state index is 0.262. The second kappa shape index (κ2) is 7.23. The Morgan fingerprint density at radius 1 is 1.32 bits per heavy atom. The summed E-state index contributed by atoms with van der Waals surface area (Å²) in [5, 5.41) is 3.04. The average Bonchev–Trinajstić information content (AvgIpc) is 2.36. The molecule has 0 heterocycles. The molecular weight excluding hydrogens is 310 g/mol. The fraction of sp³-hybridized carbons (Fsp3) is 0.462. The summed E-state index contributed by atoms with van der Waals surface area (Å²) in [6.45, 7) is 4.48. The van der Waals surface area contributed by atoms with Crippen LogP contribution < -0.4 is 20.5 Å². The van der Waals surface area contributed by atoms with Crippen molar-refractivity contribution >= 4 is 21.9 Å². The van der Waals surface area contributed by atoms with Crippen LogP contribution in [0.3, 0.4) is 0 Å². The number of benzene rings is 1. The van der Waals surface area contributed by atoms with Crippen LogP contribution >= 0.6 is 15.9 Å². The molecule has 0 aliphatic carbocycles. The Hall–Kier alpha value is -1.43. The molecule has 106 valence electrons. The van der Waals surface area contributed by atoms with Crippen molar-refractivity contribution < 1.29 is 9.47 Å². The summed E-state index contributed by atoms with van der Waals surface area (Å²) in [4.78, 5) is 4.28. The first-order chi connectivity index (χ1) is 8.97. The number of nitrogens with two attached hydrogens (primary N) is 1. The lowest BCUT2D eigenvalue weighted by atomic mass is 10.2. The summed E-state index contributed by atoms with van der Waals surface area (Å²) in [6.07, 6.45) is 0. The van der Waals surface area contributed by atoms with E-state index in [1.165, 1.54) is 0 Å². The van der Waals surface area contributed by atoms with Gasteiger partial charge in [-0.05, 0) is 31.5 Å². The van der Waals surface area contributed by atoms with E-state index in [0.717, 1.165) is 10.0 Å². The quantitative estimate of drug-likeness (QED) is 0.642. The van der Waals surface area contributed by atoms with Crippen molar-refractivity contribution in [3.8, 4) is 11.5 Å². The number of halogens is 1. The molecule has 0 radical (unpaired) electrons. The molecule has 5 nitrogen and oxygen atoms in total. The van der Waals surface area contributed by atoms with E-state index < -0.39 is 0 Å². The van der Waals surface area contributed by atoms with Gasteiger partial charge in [-0.3, -0.25) is 0 Å². The lowest BCUT2D eigenvalue weighted by Gasteiger charge is -2.12. The Balaban J connectivity index is 2.89. The van der Waals surface area contributed by atoms with E-state index in [-0.39, 0.29) is 6.04 Å². The summed E-state index contributed by atoms with van der Waals surface area (Å²) in [6, 6.07) is 4.00. The van der Waals surface area contributed by atoms with E-state index in [4.69, 9.17) is 15.2 Å². The lowest BCUT2D eigenvalue weighted by Crippen LogP contribution is -2.36. The highest BCUT2D eigenvalue weighted by molar-refractivity contribution is 9.10. The Labute approximate surface area is 122 Å². The normalized spacial score (nSPS) is 11.6. The Kier molecular flexibility index (Phi) is 5.95. The van der Waals surface area contributed by atoms with Crippen LogP contribution in [0.4, 0.5) is 0 Å². The summed E-state index contributed by atoms with van der Waals surface area (Å²) < 4.78 is 11.4. The van der Waals surface area contributed by atoms with Gasteiger partial charge in [0.15, 0.2) is 17.5 Å². The summed E-state index contributed by atoms with van der Waals surface area (Å²) in [5.41, 5.74) is 6.74. The molecule has 0 saturated heterocycles. The van der Waals surface area contributed by atoms with Crippen molar-refractivity contribution in [3.05, 3.63) is 22.2 Å². The van der Waals surface area contributed by atoms with Gasteiger partial charge < -0.3 is 20.5 Å². The first-order valence-electron chi connectivity index (χ1n) is 5.94. The number of methoxy groups -OCH3 is 2. The maximum atomic E-state index is 5.77. The van der Waals surface area contributed by atoms with Crippen LogP contribution in [0.5, 0.6) is 11.5 Å². The van der Waals surface area contributed by atoms with Crippen LogP contribution in [0.1, 0.15) is 19.4 Å². The third kappa shape index (κ3) is 4.63. The minimum Gasteiger partial charge on any atom is -0.493 e. The van der Waals surface area contributed by atoms with Crippen molar-refractivity contribution in [2.45, 2.75) is 26.4 Å². The van der Waals surface area contributed by atoms with Crippen LogP contribution in [0, 0.1) is 0 Å². The molecule has 3 N–H and O–H groups in total. The van der Waals surface area contributed by atoms with Gasteiger partial charge >= 0.3 is 0 Å². The summed E-state index contributed by atoms with van der Waals surface area (Å²) in [5.74, 6) is 1.78. The average molecular weight is 330 g/mol. The van der Waals surface area contributed by atoms with E-state index >= 15 is 0 Å². The molecule has 6 heteroatoms. The third-order valence-corrected chi connectivity index (χ3v) is 3.15. The van der Waals surface area contributed by atoms with Gasteiger partial charge in [-0.15, -0.1) is 0 Å². The maximum Gasteiger partial charge on any atom is 0.189 e. The fourth-order valence-electron chi connectivity index (χ4n) is 1.53. The largest absolute Gasteiger partial charge is 0.493 e. The molecule has 0 bridgehead atoms. The Morgan fingerprint density at radius 3 is 2.42 bits per heavy atom. The smallest absolute Gasteiger partial charge is 0.189 e. The first-order valence-corrected chi connectivity index (χ1v) is 6.74. The molecule has 0 aliphatic rings. The van der Waals surface area contributed by atoms with Gasteiger partial charge in [-0.25, -0.2) is 4.99 Å². The highest BCUT2D eigenvalue weighted by Gasteiger charge is 2.09. The molecule has 0 aliphatic heterocycles. The predicted octanol–water partition coefficient (Wildman–Crippen LogP) is 2.28. The zero-order valence-corrected chi connectivity index (χ0v) is 13.2. The van der Waals surface area contributed by atoms with Gasteiger partial charge in [0, 0.05) is 10.5 Å². The Bertz CT molecular complexity index is 461. The molecule has 0 aromatic heterocycles. The van der Waals surface area contributed by atoms with E-state index in [2.05, 4.69) is 26.2 Å². The molecule has 1 rings (SSSR count). The number of nitrogens with zero attached hydrogens (tertiary/aromatic N) is 1. The molecular formula is C13H20BrN3O2. The van der Waals surface area contributed by atoms with Gasteiger partial charge in [-0.2, -0.15) is 0 Å². The van der Waals surface area contributed by atoms with E-state index in [1.54, 1.807) is 14.2 Å². The monoisotopic (exact) mass is 329 g/mol. The highest BCUT2D eigenvalue weighted by Crippen LogP contribution is 2.33. The molecule has 1 aromatic rings. The SMILES string of the molecule is COc1cc(Br)c(CN=C(N)NC(C)C)cc1OC. The zero-order chi connectivity index (χ0) is 14.4. The van der Waals surface area contributed by atoms with Crippen molar-refractivity contribution in [3.63, 3.8) is 0 Å². The third-order valence-electron chi connectivity index (χ3n) is 2.41. The number of hydrogen-bond acceptors (Lipinski definition) is 3. The van der Waals surface area contributed by atoms with Crippen LogP contribution in [-0.2, 0) is 6.54 Å². The van der Waals surface area contributed by atoms with Gasteiger partial charge in [0.25, 0.3) is 0 Å². The number of hydrogen-bond donors (Lipinski definition) is 2. The number of rotatable bonds is 5. The van der Waals surface area contributed by atoms with Gasteiger partial charge in [0.2, 0.25) is 0 Å². The predicted molar refractivity (Wildman–Crippen MR) is 80.8 cm³/mol. The van der Waals surface area contributed by atoms with Gasteiger partial charge in [-0.1, -0.05) is 15.9 Å². The van der Waals surface area contributed by atoms with Crippen molar-refractivity contribution in [2.24, 2.45) is 10.7 Å². The van der Waals surface area contributed by atoms with E-state index in [0.29, 0.717) is 24.0 Å². The fourth-order valence-corrected chi connectivity index (χ4v) is 1.98. The molecule has 19 heavy (non-hydrogen) atoms. The minimum absolute atomic E-state index is 0.262. The second-order valence-electron chi connectivity index (χ2n) is 4.30. The van der Waals surface area contributed by atoms with E-state index in [1.807, 2.05) is 26.0 Å². The molecule has 0 unspecified atom stereocenters. The maximum absolute atomic E-state index is 5.77. The van der Waals surface area contributed by atoms with Gasteiger partial charge in [0.05, 0.1) is 20.8 Å². The standard InChI is InChI=1S/C13H20BrN3O2/c1-8(2)17-13(15)16-7-9-5-11(18-3)12(19-4)6-10(9)14/h5-6,8H,7H2,1-4H3,(H3,15,16,17). The summed E-state index contributed by atoms with van der Waals surface area (Å²) in [7, 11) is 3.21. The lowest BCUT2D eigenvalue weighted by molar-refractivity contribution is 0.354. The van der Waals surface area contributed by atoms with Crippen molar-refractivity contribution in [1.82, 2.24) is 5.32 Å². The molecule has 0 saturated carbocycles. The molecule has 1 aromatic carbocycles. The van der Waals surface area contributed by atoms with Crippen LogP contribution in [0.25, 0.3) is 0 Å². The second-order valence-corrected chi connectivity index (χ2v) is 5.15. The number of guanidine groups is 1. The number of aliphatic imine (C=N–C) groups is 1. The number of nitrogens with one attached hydrogen (secondary N) is 1. The molecule has 0 spiro atoms. The van der Waals surface area contributed by atoms with Gasteiger partial charge in [0.1, 0.15) is 0 Å². The van der Waals surface area contributed by atoms with Crippen molar-refractivity contribution in [1.29, 1.82) is 0 Å². The van der Waals surface area contributed by atoms with E-state index in [9.17, 15) is 0 Å². The number of ether oxygens (including phenoxy) is 2.